The minimum absolute atomic E-state index is 0.225. The minimum atomic E-state index is 0.225. The number of aromatic nitrogens is 5. The third kappa shape index (κ3) is 4.62. The smallest absolute Gasteiger partial charge is 0.209 e. The molecule has 0 saturated carbocycles. The molecular weight excluding hydrogens is 390 g/mol. The number of tetrazole rings is 1. The molecule has 1 aliphatic heterocycles. The summed E-state index contributed by atoms with van der Waals surface area (Å²) in [7, 11) is 0. The van der Waals surface area contributed by atoms with Gasteiger partial charge in [-0.05, 0) is 41.0 Å². The zero-order chi connectivity index (χ0) is 17.8. The molecule has 0 amide bonds. The van der Waals surface area contributed by atoms with Gasteiger partial charge >= 0.3 is 0 Å². The Kier molecular flexibility index (Phi) is 5.84. The summed E-state index contributed by atoms with van der Waals surface area (Å²) in [6.45, 7) is 1.55. The van der Waals surface area contributed by atoms with Crippen LogP contribution in [-0.4, -0.2) is 37.9 Å². The zero-order valence-corrected chi connectivity index (χ0v) is 16.4. The third-order valence-corrected chi connectivity index (χ3v) is 6.26. The molecule has 0 unspecified atom stereocenters. The van der Waals surface area contributed by atoms with Crippen molar-refractivity contribution >= 4 is 34.7 Å². The van der Waals surface area contributed by atoms with Crippen molar-refractivity contribution in [2.24, 2.45) is 0 Å². The topological polar surface area (TPSA) is 65.7 Å². The molecule has 26 heavy (non-hydrogen) atoms. The van der Waals surface area contributed by atoms with Gasteiger partial charge in [0.1, 0.15) is 0 Å². The first kappa shape index (κ1) is 17.9. The fraction of sp³-hybridized carbons (Fsp3) is 0.412. The van der Waals surface area contributed by atoms with Crippen molar-refractivity contribution in [2.75, 3.05) is 6.61 Å². The second kappa shape index (κ2) is 8.47. The Morgan fingerprint density at radius 1 is 1.31 bits per heavy atom. The maximum Gasteiger partial charge on any atom is 0.209 e. The van der Waals surface area contributed by atoms with Gasteiger partial charge in [0.05, 0.1) is 23.4 Å². The van der Waals surface area contributed by atoms with E-state index in [9.17, 15) is 0 Å². The van der Waals surface area contributed by atoms with Gasteiger partial charge in [-0.2, -0.15) is 0 Å². The van der Waals surface area contributed by atoms with Gasteiger partial charge in [-0.25, -0.2) is 9.67 Å². The summed E-state index contributed by atoms with van der Waals surface area (Å²) in [6, 6.07) is 7.90. The van der Waals surface area contributed by atoms with Crippen molar-refractivity contribution in [1.82, 2.24) is 25.2 Å². The summed E-state index contributed by atoms with van der Waals surface area (Å²) in [5, 5.41) is 16.8. The predicted octanol–water partition coefficient (Wildman–Crippen LogP) is 3.85. The average Bonchev–Trinajstić information content (AvgIpc) is 3.39. The molecule has 0 aliphatic carbocycles. The lowest BCUT2D eigenvalue weighted by Crippen LogP contribution is -2.16. The van der Waals surface area contributed by atoms with Gasteiger partial charge in [-0.3, -0.25) is 0 Å². The van der Waals surface area contributed by atoms with Crippen LogP contribution in [0.25, 0.3) is 0 Å². The molecule has 4 rings (SSSR count). The summed E-state index contributed by atoms with van der Waals surface area (Å²) in [6.07, 6.45) is 3.24. The van der Waals surface area contributed by atoms with E-state index in [1.54, 1.807) is 23.1 Å². The molecule has 0 N–H and O–H groups in total. The number of halogens is 1. The van der Waals surface area contributed by atoms with Gasteiger partial charge in [0.2, 0.25) is 5.16 Å². The normalized spacial score (nSPS) is 17.0. The highest BCUT2D eigenvalue weighted by atomic mass is 35.5. The van der Waals surface area contributed by atoms with Crippen LogP contribution in [0, 0.1) is 0 Å². The van der Waals surface area contributed by atoms with Gasteiger partial charge in [0.25, 0.3) is 0 Å². The van der Waals surface area contributed by atoms with Crippen LogP contribution in [0.1, 0.15) is 29.1 Å². The van der Waals surface area contributed by atoms with Gasteiger partial charge in [0, 0.05) is 29.2 Å². The highest BCUT2D eigenvalue weighted by Crippen LogP contribution is 2.24. The Bertz CT molecular complexity index is 845. The predicted molar refractivity (Wildman–Crippen MR) is 103 cm³/mol. The van der Waals surface area contributed by atoms with Crippen LogP contribution >= 0.6 is 34.7 Å². The van der Waals surface area contributed by atoms with E-state index in [1.165, 1.54) is 5.56 Å². The van der Waals surface area contributed by atoms with Crippen molar-refractivity contribution in [1.29, 1.82) is 0 Å². The summed E-state index contributed by atoms with van der Waals surface area (Å²) < 4.78 is 7.50. The van der Waals surface area contributed by atoms with E-state index >= 15 is 0 Å². The fourth-order valence-corrected chi connectivity index (χ4v) is 4.65. The summed E-state index contributed by atoms with van der Waals surface area (Å²) in [5.41, 5.74) is 2.26. The van der Waals surface area contributed by atoms with Crippen LogP contribution in [0.15, 0.2) is 34.8 Å². The van der Waals surface area contributed by atoms with Crippen LogP contribution in [0.4, 0.5) is 0 Å². The molecule has 1 saturated heterocycles. The molecule has 9 heteroatoms. The Hall–Kier alpha value is -1.48. The van der Waals surface area contributed by atoms with Crippen LogP contribution < -0.4 is 0 Å². The maximum atomic E-state index is 5.93. The molecule has 1 aromatic carbocycles. The number of benzene rings is 1. The summed E-state index contributed by atoms with van der Waals surface area (Å²) >= 11 is 9.22. The van der Waals surface area contributed by atoms with E-state index in [0.29, 0.717) is 6.54 Å². The number of hydrogen-bond donors (Lipinski definition) is 0. The van der Waals surface area contributed by atoms with Gasteiger partial charge in [0.15, 0.2) is 0 Å². The lowest BCUT2D eigenvalue weighted by Gasteiger charge is -2.09. The monoisotopic (exact) mass is 407 g/mol. The van der Waals surface area contributed by atoms with Crippen LogP contribution in [-0.2, 0) is 23.5 Å². The van der Waals surface area contributed by atoms with Gasteiger partial charge < -0.3 is 4.74 Å². The minimum Gasteiger partial charge on any atom is -0.376 e. The Balaban J connectivity index is 1.33. The molecule has 6 nitrogen and oxygen atoms in total. The standard InChI is InChI=1S/C17H18ClN5OS2/c18-13-5-3-12(4-6-13)8-16-19-14(10-25-16)11-26-17-20-21-22-23(17)9-15-2-1-7-24-15/h3-6,10,15H,1-2,7-9,11H2/t15-/m1/s1. The Morgan fingerprint density at radius 2 is 2.19 bits per heavy atom. The lowest BCUT2D eigenvalue weighted by atomic mass is 10.2. The number of hydrogen-bond acceptors (Lipinski definition) is 7. The number of ether oxygens (including phenoxy) is 1. The first-order chi connectivity index (χ1) is 12.8. The summed E-state index contributed by atoms with van der Waals surface area (Å²) in [5.74, 6) is 0.753. The molecule has 136 valence electrons. The largest absolute Gasteiger partial charge is 0.376 e. The molecule has 0 bridgehead atoms. The molecule has 0 spiro atoms. The number of nitrogens with zero attached hydrogens (tertiary/aromatic N) is 5. The van der Waals surface area contributed by atoms with Crippen molar-refractivity contribution < 1.29 is 4.74 Å². The second-order valence-corrected chi connectivity index (χ2v) is 8.42. The first-order valence-electron chi connectivity index (χ1n) is 8.44. The molecule has 0 radical (unpaired) electrons. The van der Waals surface area contributed by atoms with E-state index in [0.717, 1.165) is 52.5 Å². The Labute approximate surface area is 164 Å². The van der Waals surface area contributed by atoms with Crippen LogP contribution in [0.3, 0.4) is 0 Å². The number of thioether (sulfide) groups is 1. The van der Waals surface area contributed by atoms with E-state index in [-0.39, 0.29) is 6.10 Å². The van der Waals surface area contributed by atoms with Crippen molar-refractivity contribution in [3.8, 4) is 0 Å². The van der Waals surface area contributed by atoms with Crippen molar-refractivity contribution in [2.45, 2.75) is 42.8 Å². The SMILES string of the molecule is Clc1ccc(Cc2nc(CSc3nnnn3C[C@H]3CCCO3)cs2)cc1. The van der Waals surface area contributed by atoms with E-state index in [4.69, 9.17) is 21.3 Å². The van der Waals surface area contributed by atoms with E-state index < -0.39 is 0 Å². The molecule has 1 aliphatic rings. The number of rotatable bonds is 7. The fourth-order valence-electron chi connectivity index (χ4n) is 2.81. The van der Waals surface area contributed by atoms with Crippen LogP contribution in [0.2, 0.25) is 5.02 Å². The van der Waals surface area contributed by atoms with E-state index in [1.807, 2.05) is 28.9 Å². The number of thiazole rings is 1. The van der Waals surface area contributed by atoms with E-state index in [2.05, 4.69) is 20.9 Å². The average molecular weight is 408 g/mol. The van der Waals surface area contributed by atoms with Gasteiger partial charge in [-0.1, -0.05) is 35.5 Å². The zero-order valence-electron chi connectivity index (χ0n) is 14.0. The highest BCUT2D eigenvalue weighted by Gasteiger charge is 2.19. The molecule has 2 aromatic heterocycles. The maximum absolute atomic E-state index is 5.93. The molecule has 1 atom stereocenters. The Morgan fingerprint density at radius 3 is 3.00 bits per heavy atom. The first-order valence-corrected chi connectivity index (χ1v) is 10.7. The summed E-state index contributed by atoms with van der Waals surface area (Å²) in [4.78, 5) is 4.72. The van der Waals surface area contributed by atoms with Crippen LogP contribution in [0.5, 0.6) is 0 Å². The molecule has 3 heterocycles. The van der Waals surface area contributed by atoms with Gasteiger partial charge in [-0.15, -0.1) is 16.4 Å². The second-order valence-electron chi connectivity index (χ2n) is 6.10. The quantitative estimate of drug-likeness (QED) is 0.554. The van der Waals surface area contributed by atoms with Crippen molar-refractivity contribution in [3.05, 3.63) is 50.9 Å². The molecule has 3 aromatic rings. The lowest BCUT2D eigenvalue weighted by molar-refractivity contribution is 0.0912. The third-order valence-electron chi connectivity index (χ3n) is 4.12. The molecular formula is C17H18ClN5OS2. The highest BCUT2D eigenvalue weighted by molar-refractivity contribution is 7.98. The molecule has 1 fully saturated rings. The van der Waals surface area contributed by atoms with Crippen molar-refractivity contribution in [3.63, 3.8) is 0 Å².